The van der Waals surface area contributed by atoms with Gasteiger partial charge in [0, 0.05) is 11.4 Å². The fourth-order valence-corrected chi connectivity index (χ4v) is 3.46. The maximum atomic E-state index is 13.3. The van der Waals surface area contributed by atoms with Gasteiger partial charge in [-0.3, -0.25) is 9.52 Å². The summed E-state index contributed by atoms with van der Waals surface area (Å²) in [6.07, 6.45) is 1.27. The molecule has 0 saturated heterocycles. The molecule has 0 aliphatic carbocycles. The van der Waals surface area contributed by atoms with E-state index in [4.69, 9.17) is 5.73 Å². The average Bonchev–Trinajstić information content (AvgIpc) is 2.58. The first kappa shape index (κ1) is 23.8. The van der Waals surface area contributed by atoms with Crippen LogP contribution in [0.15, 0.2) is 47.4 Å². The lowest BCUT2D eigenvalue weighted by Crippen LogP contribution is -2.48. The van der Waals surface area contributed by atoms with Gasteiger partial charge in [0.1, 0.15) is 0 Å². The molecule has 0 radical (unpaired) electrons. The topological polar surface area (TPSA) is 101 Å². The van der Waals surface area contributed by atoms with Gasteiger partial charge in [-0.2, -0.15) is 0 Å². The van der Waals surface area contributed by atoms with Gasteiger partial charge in [-0.05, 0) is 55.8 Å². The fourth-order valence-electron chi connectivity index (χ4n) is 2.39. The molecule has 1 atom stereocenters. The fraction of sp³-hybridized carbons (Fsp3) is 0.278. The van der Waals surface area contributed by atoms with Crippen molar-refractivity contribution < 1.29 is 22.0 Å². The van der Waals surface area contributed by atoms with Crippen molar-refractivity contribution in [2.45, 2.75) is 37.1 Å². The maximum Gasteiger partial charge on any atom is 0.261 e. The zero-order valence-corrected chi connectivity index (χ0v) is 17.0. The third kappa shape index (κ3) is 5.88. The summed E-state index contributed by atoms with van der Waals surface area (Å²) in [4.78, 5) is 11.8. The SMILES string of the molecule is CCCC(C)(N)C(=O)Nc1ccc(NS(=O)(=O)c2ccc(F)c(F)c2)cc1.Cl. The second-order valence-corrected chi connectivity index (χ2v) is 8.06. The van der Waals surface area contributed by atoms with Gasteiger partial charge in [0.15, 0.2) is 11.6 Å². The molecular weight excluding hydrogens is 412 g/mol. The number of carbonyl (C=O) groups is 1. The Morgan fingerprint density at radius 2 is 1.64 bits per heavy atom. The number of amides is 1. The van der Waals surface area contributed by atoms with Crippen molar-refractivity contribution in [3.63, 3.8) is 0 Å². The van der Waals surface area contributed by atoms with Crippen molar-refractivity contribution in [3.8, 4) is 0 Å². The second kappa shape index (κ2) is 9.31. The van der Waals surface area contributed by atoms with Crippen LogP contribution in [-0.2, 0) is 14.8 Å². The van der Waals surface area contributed by atoms with Gasteiger partial charge in [0.25, 0.3) is 10.0 Å². The standard InChI is InChI=1S/C18H21F2N3O3S.ClH/c1-3-10-18(2,21)17(24)22-12-4-6-13(7-5-12)23-27(25,26)14-8-9-15(19)16(20)11-14;/h4-9,11,23H,3,10,21H2,1-2H3,(H,22,24);1H. The molecule has 2 aromatic rings. The molecular formula is C18H22ClF2N3O3S. The van der Waals surface area contributed by atoms with Crippen molar-refractivity contribution in [1.82, 2.24) is 0 Å². The number of nitrogens with one attached hydrogen (secondary N) is 2. The van der Waals surface area contributed by atoms with Crippen molar-refractivity contribution in [2.24, 2.45) is 5.73 Å². The Morgan fingerprint density at radius 3 is 2.18 bits per heavy atom. The van der Waals surface area contributed by atoms with Crippen LogP contribution in [0.5, 0.6) is 0 Å². The molecule has 2 aromatic carbocycles. The molecule has 0 bridgehead atoms. The third-order valence-electron chi connectivity index (χ3n) is 3.88. The molecule has 0 fully saturated rings. The highest BCUT2D eigenvalue weighted by atomic mass is 35.5. The number of rotatable bonds is 7. The Hall–Kier alpha value is -2.23. The smallest absolute Gasteiger partial charge is 0.261 e. The lowest BCUT2D eigenvalue weighted by molar-refractivity contribution is -0.120. The second-order valence-electron chi connectivity index (χ2n) is 6.38. The summed E-state index contributed by atoms with van der Waals surface area (Å²) in [6, 6.07) is 8.17. The van der Waals surface area contributed by atoms with E-state index in [0.717, 1.165) is 18.6 Å². The van der Waals surface area contributed by atoms with Gasteiger partial charge in [-0.15, -0.1) is 12.4 Å². The minimum atomic E-state index is -4.08. The molecule has 154 valence electrons. The van der Waals surface area contributed by atoms with Crippen LogP contribution < -0.4 is 15.8 Å². The molecule has 1 unspecified atom stereocenters. The summed E-state index contributed by atoms with van der Waals surface area (Å²) < 4.78 is 53.0. The normalized spacial score (nSPS) is 13.2. The van der Waals surface area contributed by atoms with Crippen LogP contribution in [0.1, 0.15) is 26.7 Å². The quantitative estimate of drug-likeness (QED) is 0.620. The lowest BCUT2D eigenvalue weighted by Gasteiger charge is -2.22. The first-order chi connectivity index (χ1) is 12.5. The number of nitrogens with two attached hydrogens (primary N) is 1. The van der Waals surface area contributed by atoms with E-state index in [1.807, 2.05) is 6.92 Å². The van der Waals surface area contributed by atoms with Crippen molar-refractivity contribution in [2.75, 3.05) is 10.0 Å². The van der Waals surface area contributed by atoms with Crippen LogP contribution in [0.3, 0.4) is 0 Å². The first-order valence-electron chi connectivity index (χ1n) is 8.23. The number of halogens is 3. The van der Waals surface area contributed by atoms with E-state index in [1.54, 1.807) is 6.92 Å². The van der Waals surface area contributed by atoms with Gasteiger partial charge >= 0.3 is 0 Å². The molecule has 0 spiro atoms. The minimum absolute atomic E-state index is 0. The van der Waals surface area contributed by atoms with Crippen LogP contribution in [0.2, 0.25) is 0 Å². The summed E-state index contributed by atoms with van der Waals surface area (Å²) in [6.45, 7) is 3.56. The van der Waals surface area contributed by atoms with E-state index in [-0.39, 0.29) is 24.0 Å². The molecule has 10 heteroatoms. The Kier molecular flexibility index (Phi) is 7.92. The first-order valence-corrected chi connectivity index (χ1v) is 9.72. The van der Waals surface area contributed by atoms with E-state index >= 15 is 0 Å². The predicted octanol–water partition coefficient (Wildman–Crippen LogP) is 3.64. The largest absolute Gasteiger partial charge is 0.325 e. The van der Waals surface area contributed by atoms with Crippen LogP contribution >= 0.6 is 12.4 Å². The van der Waals surface area contributed by atoms with Crippen molar-refractivity contribution >= 4 is 39.7 Å². The molecule has 0 saturated carbocycles. The van der Waals surface area contributed by atoms with Gasteiger partial charge in [0.05, 0.1) is 10.4 Å². The maximum absolute atomic E-state index is 13.3. The molecule has 28 heavy (non-hydrogen) atoms. The molecule has 1 amide bonds. The number of anilines is 2. The highest BCUT2D eigenvalue weighted by Gasteiger charge is 2.27. The van der Waals surface area contributed by atoms with Gasteiger partial charge in [-0.1, -0.05) is 13.3 Å². The van der Waals surface area contributed by atoms with E-state index in [9.17, 15) is 22.0 Å². The highest BCUT2D eigenvalue weighted by Crippen LogP contribution is 2.21. The lowest BCUT2D eigenvalue weighted by atomic mass is 9.96. The molecule has 6 nitrogen and oxygen atoms in total. The number of sulfonamides is 1. The molecule has 0 aliphatic heterocycles. The van der Waals surface area contributed by atoms with E-state index in [1.165, 1.54) is 24.3 Å². The van der Waals surface area contributed by atoms with E-state index in [0.29, 0.717) is 18.2 Å². The molecule has 0 aliphatic rings. The van der Waals surface area contributed by atoms with Crippen LogP contribution in [0.4, 0.5) is 20.2 Å². The minimum Gasteiger partial charge on any atom is -0.325 e. The summed E-state index contributed by atoms with van der Waals surface area (Å²) in [5.41, 5.74) is 5.59. The number of hydrogen-bond acceptors (Lipinski definition) is 4. The van der Waals surface area contributed by atoms with Crippen LogP contribution in [0, 0.1) is 11.6 Å². The van der Waals surface area contributed by atoms with Gasteiger partial charge < -0.3 is 11.1 Å². The molecule has 4 N–H and O–H groups in total. The van der Waals surface area contributed by atoms with Crippen molar-refractivity contribution in [3.05, 3.63) is 54.1 Å². The summed E-state index contributed by atoms with van der Waals surface area (Å²) >= 11 is 0. The monoisotopic (exact) mass is 433 g/mol. The van der Waals surface area contributed by atoms with E-state index < -0.39 is 32.1 Å². The summed E-state index contributed by atoms with van der Waals surface area (Å²) in [7, 11) is -4.08. The van der Waals surface area contributed by atoms with Gasteiger partial charge in [0.2, 0.25) is 5.91 Å². The summed E-state index contributed by atoms with van der Waals surface area (Å²) in [5.74, 6) is -2.74. The Labute approximate surface area is 169 Å². The third-order valence-corrected chi connectivity index (χ3v) is 5.26. The van der Waals surface area contributed by atoms with Crippen molar-refractivity contribution in [1.29, 1.82) is 0 Å². The Morgan fingerprint density at radius 1 is 1.07 bits per heavy atom. The Bertz CT molecular complexity index is 936. The Balaban J connectivity index is 0.00000392. The number of hydrogen-bond donors (Lipinski definition) is 3. The molecule has 0 heterocycles. The number of carbonyl (C=O) groups excluding carboxylic acids is 1. The average molecular weight is 434 g/mol. The zero-order chi connectivity index (χ0) is 20.2. The highest BCUT2D eigenvalue weighted by molar-refractivity contribution is 7.92. The van der Waals surface area contributed by atoms with E-state index in [2.05, 4.69) is 10.0 Å². The van der Waals surface area contributed by atoms with Crippen LogP contribution in [0.25, 0.3) is 0 Å². The molecule has 2 rings (SSSR count). The number of benzene rings is 2. The zero-order valence-electron chi connectivity index (χ0n) is 15.3. The van der Waals surface area contributed by atoms with Crippen LogP contribution in [-0.4, -0.2) is 19.9 Å². The summed E-state index contributed by atoms with van der Waals surface area (Å²) in [5, 5.41) is 2.67. The molecule has 0 aromatic heterocycles. The van der Waals surface area contributed by atoms with Gasteiger partial charge in [-0.25, -0.2) is 17.2 Å². The predicted molar refractivity (Wildman–Crippen MR) is 107 cm³/mol.